The van der Waals surface area contributed by atoms with Crippen LogP contribution in [0.25, 0.3) is 0 Å². The van der Waals surface area contributed by atoms with Gasteiger partial charge in [0.1, 0.15) is 111 Å². The van der Waals surface area contributed by atoms with Crippen LogP contribution < -0.4 is 28.4 Å². The number of rotatable bonds is 24. The number of aliphatic hydroxyl groups is 2. The molecule has 70 heavy (non-hydrogen) atoms. The summed E-state index contributed by atoms with van der Waals surface area (Å²) >= 11 is 0. The average molecular weight is 959 g/mol. The second-order valence-electron chi connectivity index (χ2n) is 18.5. The lowest BCUT2D eigenvalue weighted by molar-refractivity contribution is 0.0186. The Morgan fingerprint density at radius 2 is 0.771 bits per heavy atom. The molecule has 2 N–H and O–H groups in total. The number of benzene rings is 5. The monoisotopic (exact) mass is 958 g/mol. The highest BCUT2D eigenvalue weighted by atomic mass is 16.6. The maximum Gasteiger partial charge on any atom is 0.338 e. The zero-order valence-electron chi connectivity index (χ0n) is 39.3. The van der Waals surface area contributed by atoms with Crippen LogP contribution in [-0.4, -0.2) is 112 Å². The minimum Gasteiger partial charge on any atom is -0.491 e. The van der Waals surface area contributed by atoms with Crippen molar-refractivity contribution >= 4 is 11.9 Å². The van der Waals surface area contributed by atoms with Crippen molar-refractivity contribution in [3.63, 3.8) is 0 Å². The van der Waals surface area contributed by atoms with Crippen LogP contribution in [0.4, 0.5) is 0 Å². The van der Waals surface area contributed by atoms with Crippen molar-refractivity contribution in [2.45, 2.75) is 99.8 Å². The lowest BCUT2D eigenvalue weighted by Gasteiger charge is -2.28. The first-order chi connectivity index (χ1) is 34.2. The van der Waals surface area contributed by atoms with Crippen molar-refractivity contribution in [1.29, 1.82) is 0 Å². The molecule has 2 aliphatic carbocycles. The van der Waals surface area contributed by atoms with E-state index in [1.165, 1.54) is 11.1 Å². The maximum atomic E-state index is 12.8. The predicted octanol–water partition coefficient (Wildman–Crippen LogP) is 8.65. The number of hydrogen-bond acceptors (Lipinski definition) is 14. The van der Waals surface area contributed by atoms with Gasteiger partial charge in [0.2, 0.25) is 0 Å². The zero-order valence-corrected chi connectivity index (χ0v) is 39.3. The van der Waals surface area contributed by atoms with Crippen LogP contribution in [0.5, 0.6) is 34.5 Å². The zero-order chi connectivity index (χ0) is 48.1. The number of ether oxygens (including phenoxy) is 10. The first-order valence-corrected chi connectivity index (χ1v) is 24.5. The molecule has 2 aliphatic heterocycles. The molecule has 0 radical (unpaired) electrons. The largest absolute Gasteiger partial charge is 0.491 e. The van der Waals surface area contributed by atoms with Crippen LogP contribution in [0.1, 0.15) is 95.0 Å². The Balaban J connectivity index is 0.616. The highest BCUT2D eigenvalue weighted by Crippen LogP contribution is 2.37. The Labute approximate surface area is 408 Å². The molecule has 4 unspecified atom stereocenters. The molecule has 370 valence electrons. The second kappa shape index (κ2) is 24.0. The minimum atomic E-state index is -0.875. The van der Waals surface area contributed by atoms with E-state index in [4.69, 9.17) is 47.4 Å². The van der Waals surface area contributed by atoms with E-state index < -0.39 is 12.2 Å². The van der Waals surface area contributed by atoms with Gasteiger partial charge in [0, 0.05) is 6.07 Å². The van der Waals surface area contributed by atoms with E-state index in [-0.39, 0.29) is 62.8 Å². The fraction of sp³-hybridized carbons (Fsp3) is 0.429. The van der Waals surface area contributed by atoms with Crippen LogP contribution in [0.3, 0.4) is 0 Å². The van der Waals surface area contributed by atoms with E-state index in [0.717, 1.165) is 64.6 Å². The van der Waals surface area contributed by atoms with Gasteiger partial charge >= 0.3 is 11.9 Å². The molecule has 0 bridgehead atoms. The van der Waals surface area contributed by atoms with Gasteiger partial charge in [0.25, 0.3) is 0 Å². The summed E-state index contributed by atoms with van der Waals surface area (Å²) < 4.78 is 56.7. The highest BCUT2D eigenvalue weighted by molar-refractivity contribution is 5.90. The molecule has 5 aromatic carbocycles. The molecule has 4 atom stereocenters. The van der Waals surface area contributed by atoms with E-state index in [0.29, 0.717) is 70.7 Å². The Kier molecular flexibility index (Phi) is 16.7. The van der Waals surface area contributed by atoms with E-state index in [1.807, 2.05) is 24.3 Å². The topological polar surface area (TPSA) is 174 Å². The summed E-state index contributed by atoms with van der Waals surface area (Å²) in [6, 6.07) is 37.0. The van der Waals surface area contributed by atoms with Gasteiger partial charge in [-0.25, -0.2) is 9.59 Å². The standard InChI is InChI=1S/C56H62O14/c57-43(29-61-45-16-4-37(5-17-45)39-8-24-49(25-9-39)69-55(59)41-12-20-47(21-13-41)65-33-53-35-67-53)31-63-51-2-1-3-52(28-51)64-32-44(58)30-62-46-18-6-38(7-19-46)40-10-26-50(27-11-40)70-56(60)42-14-22-48(23-15-42)66-34-54-36-68-54/h1-7,12-23,28,39-40,43-44,49-50,53-54,57-58H,8-11,24-27,29-36H2. The van der Waals surface area contributed by atoms with Crippen molar-refractivity contribution in [2.24, 2.45) is 0 Å². The number of epoxide rings is 2. The van der Waals surface area contributed by atoms with Gasteiger partial charge in [-0.05, 0) is 159 Å². The first kappa shape index (κ1) is 48.7. The molecule has 0 spiro atoms. The predicted molar refractivity (Wildman–Crippen MR) is 257 cm³/mol. The summed E-state index contributed by atoms with van der Waals surface area (Å²) in [5.74, 6) is 3.84. The molecular formula is C56H62O14. The maximum absolute atomic E-state index is 12.8. The summed E-state index contributed by atoms with van der Waals surface area (Å²) in [5.41, 5.74) is 3.44. The Morgan fingerprint density at radius 1 is 0.443 bits per heavy atom. The first-order valence-electron chi connectivity index (χ1n) is 24.5. The molecule has 0 aromatic heterocycles. The Hall–Kier alpha value is -6.32. The van der Waals surface area contributed by atoms with E-state index in [9.17, 15) is 19.8 Å². The van der Waals surface area contributed by atoms with Crippen LogP contribution in [0.15, 0.2) is 121 Å². The smallest absolute Gasteiger partial charge is 0.338 e. The lowest BCUT2D eigenvalue weighted by atomic mass is 9.83. The van der Waals surface area contributed by atoms with Gasteiger partial charge in [0.15, 0.2) is 0 Å². The third kappa shape index (κ3) is 14.8. The molecule has 2 saturated heterocycles. The quantitative estimate of drug-likeness (QED) is 0.0444. The van der Waals surface area contributed by atoms with Gasteiger partial charge < -0.3 is 57.6 Å². The van der Waals surface area contributed by atoms with Crippen molar-refractivity contribution in [2.75, 3.05) is 52.9 Å². The molecule has 14 nitrogen and oxygen atoms in total. The summed E-state index contributed by atoms with van der Waals surface area (Å²) in [5, 5.41) is 21.3. The van der Waals surface area contributed by atoms with E-state index in [1.54, 1.807) is 72.8 Å². The average Bonchev–Trinajstić information content (AvgIpc) is 4.36. The molecule has 2 heterocycles. The Morgan fingerprint density at radius 3 is 1.13 bits per heavy atom. The van der Waals surface area contributed by atoms with Crippen molar-refractivity contribution in [3.05, 3.63) is 144 Å². The summed E-state index contributed by atoms with van der Waals surface area (Å²) in [6.45, 7) is 2.64. The SMILES string of the molecule is O=C(OC1CCC(c2ccc(OCC(O)COc3cccc(OCC(O)COc4ccc(C5CCC(OC(=O)c6ccc(OCC7CO7)cc6)CC5)cc4)c3)cc2)CC1)c1ccc(OCC2CO2)cc1. The molecule has 9 rings (SSSR count). The number of carbonyl (C=O) groups is 2. The fourth-order valence-corrected chi connectivity index (χ4v) is 8.74. The molecule has 2 saturated carbocycles. The minimum absolute atomic E-state index is 0.0149. The molecule has 14 heteroatoms. The van der Waals surface area contributed by atoms with E-state index in [2.05, 4.69) is 24.3 Å². The third-order valence-corrected chi connectivity index (χ3v) is 13.0. The van der Waals surface area contributed by atoms with Crippen LogP contribution in [0, 0.1) is 0 Å². The Bertz CT molecular complexity index is 2240. The molecule has 0 amide bonds. The fourth-order valence-electron chi connectivity index (χ4n) is 8.74. The molecule has 4 aliphatic rings. The van der Waals surface area contributed by atoms with Crippen LogP contribution >= 0.6 is 0 Å². The van der Waals surface area contributed by atoms with Crippen molar-refractivity contribution in [1.82, 2.24) is 0 Å². The number of aliphatic hydroxyl groups excluding tert-OH is 2. The van der Waals surface area contributed by atoms with Gasteiger partial charge in [-0.1, -0.05) is 30.3 Å². The van der Waals surface area contributed by atoms with Crippen molar-refractivity contribution in [3.8, 4) is 34.5 Å². The summed E-state index contributed by atoms with van der Waals surface area (Å²) in [7, 11) is 0. The van der Waals surface area contributed by atoms with Gasteiger partial charge in [0.05, 0.1) is 24.3 Å². The van der Waals surface area contributed by atoms with E-state index >= 15 is 0 Å². The second-order valence-corrected chi connectivity index (χ2v) is 18.5. The van der Waals surface area contributed by atoms with Gasteiger partial charge in [-0.15, -0.1) is 0 Å². The normalized spacial score (nSPS) is 22.4. The highest BCUT2D eigenvalue weighted by Gasteiger charge is 2.28. The summed E-state index contributed by atoms with van der Waals surface area (Å²) in [4.78, 5) is 25.5. The third-order valence-electron chi connectivity index (χ3n) is 13.0. The number of esters is 2. The van der Waals surface area contributed by atoms with Crippen LogP contribution in [0.2, 0.25) is 0 Å². The molecule has 5 aromatic rings. The lowest BCUT2D eigenvalue weighted by Crippen LogP contribution is -2.25. The van der Waals surface area contributed by atoms with Gasteiger partial charge in [-0.3, -0.25) is 0 Å². The molecule has 4 fully saturated rings. The van der Waals surface area contributed by atoms with Crippen LogP contribution in [-0.2, 0) is 18.9 Å². The van der Waals surface area contributed by atoms with Gasteiger partial charge in [-0.2, -0.15) is 0 Å². The summed E-state index contributed by atoms with van der Waals surface area (Å²) in [6.07, 6.45) is 5.24. The number of hydrogen-bond donors (Lipinski definition) is 2. The number of carbonyl (C=O) groups excluding carboxylic acids is 2. The van der Waals surface area contributed by atoms with Crippen molar-refractivity contribution < 1.29 is 67.2 Å². The molecular weight excluding hydrogens is 897 g/mol.